The van der Waals surface area contributed by atoms with Crippen LogP contribution in [0.5, 0.6) is 0 Å². The van der Waals surface area contributed by atoms with Crippen LogP contribution in [0.1, 0.15) is 16.1 Å². The van der Waals surface area contributed by atoms with E-state index >= 15 is 0 Å². The molecule has 0 atom stereocenters. The number of nitrogens with zero attached hydrogens (tertiary/aromatic N) is 2. The second kappa shape index (κ2) is 4.38. The van der Waals surface area contributed by atoms with Crippen LogP contribution in [0.4, 0.5) is 0 Å². The van der Waals surface area contributed by atoms with Gasteiger partial charge in [0.2, 0.25) is 5.78 Å². The van der Waals surface area contributed by atoms with E-state index in [-0.39, 0.29) is 5.78 Å². The predicted molar refractivity (Wildman–Crippen MR) is 72.8 cm³/mol. The quantitative estimate of drug-likeness (QED) is 0.680. The largest absolute Gasteiger partial charge is 0.297 e. The standard InChI is InChI=1S/C14H9BrN2O/c15-11-6-4-10(5-7-11)14(18)12-9-16-13-3-1-2-8-17(12)13/h1-9H. The summed E-state index contributed by atoms with van der Waals surface area (Å²) >= 11 is 3.35. The SMILES string of the molecule is O=C(c1ccc(Br)cc1)c1cnc2ccccn12. The molecule has 0 aliphatic heterocycles. The Morgan fingerprint density at radius 2 is 1.89 bits per heavy atom. The van der Waals surface area contributed by atoms with Gasteiger partial charge in [0.1, 0.15) is 11.3 Å². The van der Waals surface area contributed by atoms with Crippen molar-refractivity contribution in [3.8, 4) is 0 Å². The first-order valence-corrected chi connectivity index (χ1v) is 6.27. The van der Waals surface area contributed by atoms with Gasteiger partial charge in [0.15, 0.2) is 0 Å². The Bertz CT molecular complexity index is 716. The second-order valence-corrected chi connectivity index (χ2v) is 4.82. The highest BCUT2D eigenvalue weighted by Gasteiger charge is 2.13. The van der Waals surface area contributed by atoms with Crippen LogP contribution in [-0.4, -0.2) is 15.2 Å². The molecule has 1 aromatic carbocycles. The third-order valence-electron chi connectivity index (χ3n) is 2.76. The van der Waals surface area contributed by atoms with Crippen LogP contribution in [-0.2, 0) is 0 Å². The molecule has 3 nitrogen and oxygen atoms in total. The van der Waals surface area contributed by atoms with Gasteiger partial charge >= 0.3 is 0 Å². The van der Waals surface area contributed by atoms with Gasteiger partial charge < -0.3 is 0 Å². The van der Waals surface area contributed by atoms with Gasteiger partial charge in [-0.25, -0.2) is 4.98 Å². The molecule has 3 rings (SSSR count). The number of hydrogen-bond acceptors (Lipinski definition) is 2. The molecule has 2 aromatic heterocycles. The summed E-state index contributed by atoms with van der Waals surface area (Å²) in [5, 5.41) is 0. The smallest absolute Gasteiger partial charge is 0.211 e. The zero-order valence-electron chi connectivity index (χ0n) is 9.38. The maximum Gasteiger partial charge on any atom is 0.211 e. The van der Waals surface area contributed by atoms with E-state index in [0.29, 0.717) is 11.3 Å². The van der Waals surface area contributed by atoms with E-state index in [1.807, 2.05) is 36.5 Å². The van der Waals surface area contributed by atoms with Crippen LogP contribution in [0, 0.1) is 0 Å². The van der Waals surface area contributed by atoms with Crippen molar-refractivity contribution in [2.45, 2.75) is 0 Å². The van der Waals surface area contributed by atoms with Gasteiger partial charge in [-0.2, -0.15) is 0 Å². The Morgan fingerprint density at radius 1 is 1.11 bits per heavy atom. The lowest BCUT2D eigenvalue weighted by Crippen LogP contribution is -2.04. The number of carbonyl (C=O) groups is 1. The van der Waals surface area contributed by atoms with E-state index in [0.717, 1.165) is 10.1 Å². The molecule has 3 aromatic rings. The van der Waals surface area contributed by atoms with Crippen LogP contribution in [0.25, 0.3) is 5.65 Å². The number of benzene rings is 1. The minimum absolute atomic E-state index is 0.0267. The lowest BCUT2D eigenvalue weighted by Gasteiger charge is -2.01. The summed E-state index contributed by atoms with van der Waals surface area (Å²) in [6.07, 6.45) is 3.45. The molecule has 0 unspecified atom stereocenters. The predicted octanol–water partition coefficient (Wildman–Crippen LogP) is 3.33. The maximum absolute atomic E-state index is 12.4. The minimum atomic E-state index is -0.0267. The Morgan fingerprint density at radius 3 is 2.67 bits per heavy atom. The first-order valence-electron chi connectivity index (χ1n) is 5.48. The minimum Gasteiger partial charge on any atom is -0.297 e. The van der Waals surface area contributed by atoms with Crippen LogP contribution < -0.4 is 0 Å². The van der Waals surface area contributed by atoms with Gasteiger partial charge in [0.05, 0.1) is 6.20 Å². The fourth-order valence-electron chi connectivity index (χ4n) is 1.85. The number of aromatic nitrogens is 2. The number of ketones is 1. The van der Waals surface area contributed by atoms with Crippen LogP contribution in [0.2, 0.25) is 0 Å². The van der Waals surface area contributed by atoms with E-state index in [4.69, 9.17) is 0 Å². The highest BCUT2D eigenvalue weighted by Crippen LogP contribution is 2.15. The number of imidazole rings is 1. The van der Waals surface area contributed by atoms with E-state index in [9.17, 15) is 4.79 Å². The second-order valence-electron chi connectivity index (χ2n) is 3.91. The number of hydrogen-bond donors (Lipinski definition) is 0. The third kappa shape index (κ3) is 1.84. The number of carbonyl (C=O) groups excluding carboxylic acids is 1. The molecule has 0 fully saturated rings. The number of pyridine rings is 1. The topological polar surface area (TPSA) is 34.4 Å². The summed E-state index contributed by atoms with van der Waals surface area (Å²) in [6, 6.07) is 13.0. The fraction of sp³-hybridized carbons (Fsp3) is 0. The number of halogens is 1. The molecule has 4 heteroatoms. The molecule has 0 N–H and O–H groups in total. The van der Waals surface area contributed by atoms with Gasteiger partial charge in [-0.3, -0.25) is 9.20 Å². The van der Waals surface area contributed by atoms with Crippen molar-refractivity contribution in [3.05, 3.63) is 70.6 Å². The highest BCUT2D eigenvalue weighted by molar-refractivity contribution is 9.10. The molecule has 2 heterocycles. The zero-order chi connectivity index (χ0) is 12.5. The normalized spacial score (nSPS) is 10.7. The summed E-state index contributed by atoms with van der Waals surface area (Å²) < 4.78 is 2.75. The lowest BCUT2D eigenvalue weighted by atomic mass is 10.1. The van der Waals surface area contributed by atoms with E-state index in [1.54, 1.807) is 22.7 Å². The van der Waals surface area contributed by atoms with Crippen molar-refractivity contribution in [2.75, 3.05) is 0 Å². The van der Waals surface area contributed by atoms with E-state index < -0.39 is 0 Å². The van der Waals surface area contributed by atoms with Crippen molar-refractivity contribution in [1.82, 2.24) is 9.38 Å². The molecule has 88 valence electrons. The van der Waals surface area contributed by atoms with Crippen LogP contribution in [0.15, 0.2) is 59.3 Å². The average molecular weight is 301 g/mol. The molecule has 0 saturated carbocycles. The summed E-state index contributed by atoms with van der Waals surface area (Å²) in [5.74, 6) is -0.0267. The third-order valence-corrected chi connectivity index (χ3v) is 3.28. The summed E-state index contributed by atoms with van der Waals surface area (Å²) in [6.45, 7) is 0. The molecule has 0 aliphatic carbocycles. The zero-order valence-corrected chi connectivity index (χ0v) is 11.0. The van der Waals surface area contributed by atoms with Gasteiger partial charge in [-0.15, -0.1) is 0 Å². The lowest BCUT2D eigenvalue weighted by molar-refractivity contribution is 0.103. The Hall–Kier alpha value is -1.94. The van der Waals surface area contributed by atoms with Crippen molar-refractivity contribution < 1.29 is 4.79 Å². The Labute approximate surface area is 112 Å². The van der Waals surface area contributed by atoms with Gasteiger partial charge in [-0.1, -0.05) is 22.0 Å². The summed E-state index contributed by atoms with van der Waals surface area (Å²) in [7, 11) is 0. The van der Waals surface area contributed by atoms with Crippen molar-refractivity contribution in [2.24, 2.45) is 0 Å². The number of fused-ring (bicyclic) bond motifs is 1. The number of rotatable bonds is 2. The molecule has 0 bridgehead atoms. The first kappa shape index (κ1) is 11.2. The molecular weight excluding hydrogens is 292 g/mol. The van der Waals surface area contributed by atoms with Crippen LogP contribution >= 0.6 is 15.9 Å². The van der Waals surface area contributed by atoms with Gasteiger partial charge in [0, 0.05) is 16.2 Å². The molecule has 0 spiro atoms. The molecule has 0 radical (unpaired) electrons. The fourth-order valence-corrected chi connectivity index (χ4v) is 2.11. The molecule has 0 aliphatic rings. The van der Waals surface area contributed by atoms with Crippen molar-refractivity contribution in [3.63, 3.8) is 0 Å². The maximum atomic E-state index is 12.4. The summed E-state index contributed by atoms with van der Waals surface area (Å²) in [5.41, 5.74) is 2.01. The Balaban J connectivity index is 2.09. The van der Waals surface area contributed by atoms with Gasteiger partial charge in [0.25, 0.3) is 0 Å². The monoisotopic (exact) mass is 300 g/mol. The molecule has 0 saturated heterocycles. The van der Waals surface area contributed by atoms with E-state index in [2.05, 4.69) is 20.9 Å². The Kier molecular flexibility index (Phi) is 2.72. The summed E-state index contributed by atoms with van der Waals surface area (Å²) in [4.78, 5) is 16.6. The molecule has 0 amide bonds. The average Bonchev–Trinajstić information content (AvgIpc) is 2.82. The molecule has 18 heavy (non-hydrogen) atoms. The van der Waals surface area contributed by atoms with Crippen molar-refractivity contribution >= 4 is 27.4 Å². The van der Waals surface area contributed by atoms with Crippen LogP contribution in [0.3, 0.4) is 0 Å². The van der Waals surface area contributed by atoms with Crippen molar-refractivity contribution in [1.29, 1.82) is 0 Å². The first-order chi connectivity index (χ1) is 8.75. The van der Waals surface area contributed by atoms with Gasteiger partial charge in [-0.05, 0) is 36.4 Å². The highest BCUT2D eigenvalue weighted by atomic mass is 79.9. The van der Waals surface area contributed by atoms with E-state index in [1.165, 1.54) is 0 Å². The molecular formula is C14H9BrN2O.